The minimum absolute atomic E-state index is 0.0444. The molecule has 4 fully saturated rings. The summed E-state index contributed by atoms with van der Waals surface area (Å²) in [4.78, 5) is 30.9. The lowest BCUT2D eigenvalue weighted by Crippen LogP contribution is -2.23. The van der Waals surface area contributed by atoms with Gasteiger partial charge in [-0.1, -0.05) is 24.3 Å². The van der Waals surface area contributed by atoms with Crippen LogP contribution < -0.4 is 0 Å². The number of benzene rings is 2. The van der Waals surface area contributed by atoms with Gasteiger partial charge in [0.2, 0.25) is 0 Å². The van der Waals surface area contributed by atoms with E-state index in [0.717, 1.165) is 82.1 Å². The molecule has 3 aromatic rings. The summed E-state index contributed by atoms with van der Waals surface area (Å²) in [7, 11) is -9.71. The summed E-state index contributed by atoms with van der Waals surface area (Å²) in [5.74, 6) is 0.569. The van der Waals surface area contributed by atoms with Crippen molar-refractivity contribution in [1.82, 2.24) is 4.98 Å². The second-order valence-electron chi connectivity index (χ2n) is 16.4. The molecule has 0 amide bonds. The molecule has 2 atom stereocenters. The summed E-state index contributed by atoms with van der Waals surface area (Å²) in [6, 6.07) is 13.9. The fourth-order valence-electron chi connectivity index (χ4n) is 8.04. The van der Waals surface area contributed by atoms with E-state index in [1.54, 1.807) is 62.5 Å². The Bertz CT molecular complexity index is 2140. The number of Topliss-reactive ketones (excluding diaryl/α,β-unsaturated/α-hetero) is 2. The Morgan fingerprint density at radius 3 is 1.57 bits per heavy atom. The van der Waals surface area contributed by atoms with Gasteiger partial charge in [0.15, 0.2) is 19.7 Å². The van der Waals surface area contributed by atoms with Gasteiger partial charge >= 0.3 is 7.60 Å². The predicted octanol–water partition coefficient (Wildman–Crippen LogP) is 8.67. The Kier molecular flexibility index (Phi) is 16.5. The van der Waals surface area contributed by atoms with Gasteiger partial charge in [-0.3, -0.25) is 14.2 Å². The van der Waals surface area contributed by atoms with Gasteiger partial charge in [0.25, 0.3) is 0 Å². The summed E-state index contributed by atoms with van der Waals surface area (Å²) in [6.07, 6.45) is 8.53. The number of sulfone groups is 2. The van der Waals surface area contributed by atoms with E-state index in [1.807, 2.05) is 12.1 Å². The van der Waals surface area contributed by atoms with Crippen LogP contribution in [0.1, 0.15) is 119 Å². The Morgan fingerprint density at radius 2 is 1.15 bits per heavy atom. The summed E-state index contributed by atoms with van der Waals surface area (Å²) in [5, 5.41) is 2.00. The highest BCUT2D eigenvalue weighted by atomic mass is 32.2. The highest BCUT2D eigenvalue weighted by Crippen LogP contribution is 2.51. The molecule has 2 saturated carbocycles. The van der Waals surface area contributed by atoms with Crippen molar-refractivity contribution in [3.05, 3.63) is 75.7 Å². The van der Waals surface area contributed by atoms with Gasteiger partial charge < -0.3 is 18.5 Å². The van der Waals surface area contributed by atoms with Gasteiger partial charge in [-0.05, 0) is 132 Å². The lowest BCUT2D eigenvalue weighted by molar-refractivity contribution is -0.120. The molecule has 16 heteroatoms. The fourth-order valence-corrected chi connectivity index (χ4v) is 13.9. The Morgan fingerprint density at radius 1 is 0.717 bits per heavy atom. The molecule has 330 valence electrons. The van der Waals surface area contributed by atoms with Crippen molar-refractivity contribution in [3.8, 4) is 0 Å². The second-order valence-corrected chi connectivity index (χ2v) is 23.9. The van der Waals surface area contributed by atoms with Crippen molar-refractivity contribution in [2.45, 2.75) is 130 Å². The van der Waals surface area contributed by atoms with Crippen LogP contribution in [0.25, 0.3) is 0 Å². The predicted molar refractivity (Wildman–Crippen MR) is 231 cm³/mol. The maximum absolute atomic E-state index is 13.6. The first-order valence-corrected chi connectivity index (χ1v) is 27.1. The van der Waals surface area contributed by atoms with Gasteiger partial charge in [-0.15, -0.1) is 11.3 Å². The van der Waals surface area contributed by atoms with Crippen molar-refractivity contribution in [1.29, 1.82) is 0 Å². The third-order valence-electron chi connectivity index (χ3n) is 11.8. The number of ketones is 2. The molecule has 1 aromatic heterocycles. The van der Waals surface area contributed by atoms with Gasteiger partial charge in [0, 0.05) is 43.6 Å². The molecule has 12 nitrogen and oxygen atoms in total. The topological polar surface area (TPSA) is 169 Å². The minimum Gasteiger partial charge on any atom is -0.381 e. The average molecular weight is 906 g/mol. The number of hydrogen-bond donors (Lipinski definition) is 0. The van der Waals surface area contributed by atoms with Crippen LogP contribution in [0.4, 0.5) is 0 Å². The smallest absolute Gasteiger partial charge is 0.336 e. The molecule has 2 aliphatic carbocycles. The molecule has 0 unspecified atom stereocenters. The zero-order chi connectivity index (χ0) is 42.9. The van der Waals surface area contributed by atoms with Crippen LogP contribution in [-0.4, -0.2) is 83.5 Å². The number of nitrogens with zero attached hydrogens (tertiary/aromatic N) is 1. The van der Waals surface area contributed by atoms with Crippen molar-refractivity contribution in [2.24, 2.45) is 11.8 Å². The standard InChI is InChI=1S/C26H36NO7PS2.C18H24O4S/c1-3-33-35(29,34-4-2)17-21-18-36-26(27-21)16-25(28)24(15-19-11-13-32-14-12-19)20-5-7-22(8-6-20)37(30,31)23-9-10-23;1-13(19)18(12-14-8-10-22-11-9-14)15-2-4-16(5-3-15)23(20,21)17-6-7-17/h5-8,18-19,23-24H,3-4,9-17H2,1-2H3;2-5,14,17-18H,6-12H2,1H3/t24-;18-/m10/s1. The quantitative estimate of drug-likeness (QED) is 0.0991. The highest BCUT2D eigenvalue weighted by molar-refractivity contribution is 7.92. The van der Waals surface area contributed by atoms with Crippen LogP contribution in [0.15, 0.2) is 63.7 Å². The number of carbonyl (C=O) groups is 2. The van der Waals surface area contributed by atoms with E-state index in [-0.39, 0.29) is 59.7 Å². The number of ether oxygens (including phenoxy) is 2. The van der Waals surface area contributed by atoms with Gasteiger partial charge in [0.1, 0.15) is 16.6 Å². The van der Waals surface area contributed by atoms with Crippen molar-refractivity contribution >= 4 is 50.2 Å². The number of carbonyl (C=O) groups excluding carboxylic acids is 2. The van der Waals surface area contributed by atoms with Gasteiger partial charge in [-0.2, -0.15) is 0 Å². The van der Waals surface area contributed by atoms with Crippen LogP contribution in [0.2, 0.25) is 0 Å². The van der Waals surface area contributed by atoms with E-state index in [4.69, 9.17) is 18.5 Å². The summed E-state index contributed by atoms with van der Waals surface area (Å²) >= 11 is 1.37. The zero-order valence-electron chi connectivity index (χ0n) is 35.0. The van der Waals surface area contributed by atoms with Crippen LogP contribution in [0.3, 0.4) is 0 Å². The average Bonchev–Trinajstić information content (AvgIpc) is 4.18. The molecular formula is C44H60NO11PS3. The third-order valence-corrected chi connectivity index (χ3v) is 19.2. The minimum atomic E-state index is -3.28. The number of hydrogen-bond acceptors (Lipinski definition) is 13. The maximum atomic E-state index is 13.6. The normalized spacial score (nSPS) is 19.2. The van der Waals surface area contributed by atoms with E-state index in [2.05, 4.69) is 4.98 Å². The molecule has 2 aliphatic heterocycles. The van der Waals surface area contributed by atoms with Crippen LogP contribution >= 0.6 is 18.9 Å². The zero-order valence-corrected chi connectivity index (χ0v) is 38.3. The summed E-state index contributed by atoms with van der Waals surface area (Å²) < 4.78 is 84.2. The molecule has 0 bridgehead atoms. The lowest BCUT2D eigenvalue weighted by Gasteiger charge is -2.26. The largest absolute Gasteiger partial charge is 0.381 e. The van der Waals surface area contributed by atoms with E-state index in [9.17, 15) is 31.0 Å². The van der Waals surface area contributed by atoms with Crippen molar-refractivity contribution in [3.63, 3.8) is 0 Å². The molecule has 7 rings (SSSR count). The molecule has 0 N–H and O–H groups in total. The lowest BCUT2D eigenvalue weighted by atomic mass is 9.82. The monoisotopic (exact) mass is 905 g/mol. The molecule has 2 aromatic carbocycles. The number of rotatable bonds is 20. The van der Waals surface area contributed by atoms with E-state index >= 15 is 0 Å². The molecule has 0 radical (unpaired) electrons. The summed E-state index contributed by atoms with van der Waals surface area (Å²) in [6.45, 7) is 8.65. The highest BCUT2D eigenvalue weighted by Gasteiger charge is 2.38. The third kappa shape index (κ3) is 12.7. The molecule has 0 spiro atoms. The molecule has 4 aliphatic rings. The fraction of sp³-hybridized carbons (Fsp3) is 0.614. The van der Waals surface area contributed by atoms with E-state index in [0.29, 0.717) is 52.0 Å². The van der Waals surface area contributed by atoms with Crippen LogP contribution in [0, 0.1) is 11.8 Å². The first kappa shape index (κ1) is 46.9. The SMILES string of the molecule is CC(=O)[C@H](CC1CCOCC1)c1ccc(S(=O)(=O)C2CC2)cc1.CCOP(=O)(Cc1csc(CC(=O)[C@H](CC2CCOCC2)c2ccc(S(=O)(=O)C3CC3)cc2)n1)OCC. The molecule has 2 saturated heterocycles. The van der Waals surface area contributed by atoms with Crippen molar-refractivity contribution < 1.29 is 49.5 Å². The van der Waals surface area contributed by atoms with E-state index < -0.39 is 27.3 Å². The molecular weight excluding hydrogens is 846 g/mol. The van der Waals surface area contributed by atoms with Gasteiger partial charge in [-0.25, -0.2) is 21.8 Å². The summed E-state index contributed by atoms with van der Waals surface area (Å²) in [5.41, 5.74) is 2.35. The van der Waals surface area contributed by atoms with Crippen LogP contribution in [0.5, 0.6) is 0 Å². The molecule has 3 heterocycles. The Hall–Kier alpha value is -2.62. The Balaban J connectivity index is 0.000000224. The van der Waals surface area contributed by atoms with E-state index in [1.165, 1.54) is 11.3 Å². The van der Waals surface area contributed by atoms with Gasteiger partial charge in [0.05, 0.1) is 51.8 Å². The first-order valence-electron chi connectivity index (χ1n) is 21.4. The molecule has 60 heavy (non-hydrogen) atoms. The second kappa shape index (κ2) is 21.2. The Labute approximate surface area is 359 Å². The van der Waals surface area contributed by atoms with Crippen LogP contribution in [-0.2, 0) is 64.9 Å². The number of thiazole rings is 1. The first-order chi connectivity index (χ1) is 28.7. The maximum Gasteiger partial charge on any atom is 0.336 e. The van der Waals surface area contributed by atoms with Crippen molar-refractivity contribution in [2.75, 3.05) is 39.6 Å². The number of aromatic nitrogens is 1.